The topological polar surface area (TPSA) is 78.1 Å². The predicted molar refractivity (Wildman–Crippen MR) is 74.5 cm³/mol. The molecule has 1 aromatic rings. The molecule has 1 aliphatic heterocycles. The first kappa shape index (κ1) is 14.5. The third-order valence-electron chi connectivity index (χ3n) is 2.82. The summed E-state index contributed by atoms with van der Waals surface area (Å²) in [6.45, 7) is 1.62. The Morgan fingerprint density at radius 1 is 1.45 bits per heavy atom. The minimum atomic E-state index is -0.676. The molecular formula is C11H15ClN6O2. The summed E-state index contributed by atoms with van der Waals surface area (Å²) in [6.07, 6.45) is 1.65. The van der Waals surface area contributed by atoms with E-state index in [9.17, 15) is 10.1 Å². The zero-order chi connectivity index (χ0) is 14.7. The van der Waals surface area contributed by atoms with Crippen molar-refractivity contribution in [1.29, 1.82) is 0 Å². The number of halogens is 1. The molecule has 2 rings (SSSR count). The van der Waals surface area contributed by atoms with Gasteiger partial charge in [-0.1, -0.05) is 17.7 Å². The second-order valence-electron chi connectivity index (χ2n) is 4.66. The van der Waals surface area contributed by atoms with Gasteiger partial charge in [0.05, 0.1) is 13.3 Å². The largest absolute Gasteiger partial charge is 0.328 e. The Balaban J connectivity index is 2.20. The Hall–Kier alpha value is -1.93. The van der Waals surface area contributed by atoms with Gasteiger partial charge in [0, 0.05) is 19.8 Å². The van der Waals surface area contributed by atoms with Gasteiger partial charge in [-0.25, -0.2) is 15.1 Å². The Kier molecular flexibility index (Phi) is 4.35. The maximum absolute atomic E-state index is 10.7. The molecular weight excluding hydrogens is 284 g/mol. The quantitative estimate of drug-likeness (QED) is 0.468. The zero-order valence-corrected chi connectivity index (χ0v) is 12.0. The van der Waals surface area contributed by atoms with Crippen molar-refractivity contribution in [1.82, 2.24) is 19.7 Å². The second kappa shape index (κ2) is 6.02. The number of aromatic nitrogens is 1. The Morgan fingerprint density at radius 3 is 2.80 bits per heavy atom. The summed E-state index contributed by atoms with van der Waals surface area (Å²) in [5.74, 6) is 0.336. The van der Waals surface area contributed by atoms with Crippen LogP contribution in [0, 0.1) is 10.1 Å². The van der Waals surface area contributed by atoms with Gasteiger partial charge in [0.25, 0.3) is 5.96 Å². The number of hydrogen-bond donors (Lipinski definition) is 0. The van der Waals surface area contributed by atoms with Crippen LogP contribution in [0.4, 0.5) is 0 Å². The molecule has 0 N–H and O–H groups in total. The zero-order valence-electron chi connectivity index (χ0n) is 11.2. The molecule has 0 atom stereocenters. The summed E-state index contributed by atoms with van der Waals surface area (Å²) in [4.78, 5) is 20.2. The van der Waals surface area contributed by atoms with Crippen molar-refractivity contribution in [2.75, 3.05) is 27.4 Å². The monoisotopic (exact) mass is 298 g/mol. The van der Waals surface area contributed by atoms with Crippen molar-refractivity contribution in [2.24, 2.45) is 5.10 Å². The van der Waals surface area contributed by atoms with Gasteiger partial charge < -0.3 is 9.80 Å². The first-order valence-corrected chi connectivity index (χ1v) is 6.31. The third kappa shape index (κ3) is 3.55. The van der Waals surface area contributed by atoms with E-state index < -0.39 is 5.03 Å². The summed E-state index contributed by atoms with van der Waals surface area (Å²) in [6, 6.07) is 3.53. The fourth-order valence-electron chi connectivity index (χ4n) is 2.12. The maximum atomic E-state index is 10.7. The lowest BCUT2D eigenvalue weighted by atomic mass is 10.2. The molecule has 1 saturated heterocycles. The van der Waals surface area contributed by atoms with Crippen LogP contribution in [0.3, 0.4) is 0 Å². The van der Waals surface area contributed by atoms with E-state index in [0.717, 1.165) is 5.56 Å². The van der Waals surface area contributed by atoms with Gasteiger partial charge in [0.2, 0.25) is 0 Å². The van der Waals surface area contributed by atoms with E-state index in [-0.39, 0.29) is 0 Å². The molecule has 1 fully saturated rings. The molecule has 0 amide bonds. The first-order valence-electron chi connectivity index (χ1n) is 5.94. The Labute approximate surface area is 121 Å². The van der Waals surface area contributed by atoms with Crippen LogP contribution in [0.15, 0.2) is 23.4 Å². The van der Waals surface area contributed by atoms with Gasteiger partial charge in [-0.15, -0.1) is 0 Å². The SMILES string of the molecule is CN1CN(C)/C(=N\[N+](=O)[O-])N(Cc2ccc(Cl)nc2)C1. The highest BCUT2D eigenvalue weighted by Crippen LogP contribution is 2.13. The number of nitro groups is 1. The van der Waals surface area contributed by atoms with Gasteiger partial charge in [0.15, 0.2) is 5.03 Å². The number of pyridine rings is 1. The average Bonchev–Trinajstić information content (AvgIpc) is 2.36. The van der Waals surface area contributed by atoms with Crippen molar-refractivity contribution in [3.63, 3.8) is 0 Å². The van der Waals surface area contributed by atoms with Crippen LogP contribution in [0.5, 0.6) is 0 Å². The number of hydrogen-bond acceptors (Lipinski definition) is 4. The van der Waals surface area contributed by atoms with Gasteiger partial charge in [-0.2, -0.15) is 0 Å². The molecule has 0 bridgehead atoms. The van der Waals surface area contributed by atoms with Crippen LogP contribution in [-0.2, 0) is 6.54 Å². The molecule has 0 radical (unpaired) electrons. The molecule has 108 valence electrons. The summed E-state index contributed by atoms with van der Waals surface area (Å²) < 4.78 is 0. The molecule has 0 unspecified atom stereocenters. The van der Waals surface area contributed by atoms with E-state index >= 15 is 0 Å². The Bertz CT molecular complexity index is 520. The van der Waals surface area contributed by atoms with Crippen LogP contribution in [0.2, 0.25) is 5.15 Å². The average molecular weight is 299 g/mol. The standard InChI is InChI=1S/C11H15ClN6O2/c1-15-7-16(2)11(14-18(19)20)17(8-15)6-9-3-4-10(12)13-5-9/h3-5H,6-8H2,1-2H3/b14-11+. The van der Waals surface area contributed by atoms with E-state index in [2.05, 4.69) is 10.1 Å². The summed E-state index contributed by atoms with van der Waals surface area (Å²) in [7, 11) is 3.71. The first-order chi connectivity index (χ1) is 9.45. The summed E-state index contributed by atoms with van der Waals surface area (Å²) >= 11 is 5.74. The van der Waals surface area contributed by atoms with Gasteiger partial charge in [-0.3, -0.25) is 4.90 Å². The van der Waals surface area contributed by atoms with Gasteiger partial charge >= 0.3 is 0 Å². The van der Waals surface area contributed by atoms with Crippen molar-refractivity contribution in [2.45, 2.75) is 6.54 Å². The summed E-state index contributed by atoms with van der Waals surface area (Å²) in [5.41, 5.74) is 0.911. The second-order valence-corrected chi connectivity index (χ2v) is 5.05. The number of nitrogens with zero attached hydrogens (tertiary/aromatic N) is 6. The minimum Gasteiger partial charge on any atom is -0.328 e. The predicted octanol–water partition coefficient (Wildman–Crippen LogP) is 0.877. The lowest BCUT2D eigenvalue weighted by Gasteiger charge is -2.40. The molecule has 0 aliphatic carbocycles. The van der Waals surface area contributed by atoms with Crippen LogP contribution in [0.25, 0.3) is 0 Å². The third-order valence-corrected chi connectivity index (χ3v) is 3.05. The van der Waals surface area contributed by atoms with Crippen molar-refractivity contribution in [3.8, 4) is 0 Å². The van der Waals surface area contributed by atoms with E-state index in [1.165, 1.54) is 0 Å². The molecule has 20 heavy (non-hydrogen) atoms. The molecule has 9 heteroatoms. The van der Waals surface area contributed by atoms with E-state index in [1.54, 1.807) is 24.2 Å². The number of rotatable bonds is 3. The van der Waals surface area contributed by atoms with Gasteiger partial charge in [0.1, 0.15) is 10.3 Å². The maximum Gasteiger partial charge on any atom is 0.276 e. The lowest BCUT2D eigenvalue weighted by Crippen LogP contribution is -2.56. The van der Waals surface area contributed by atoms with Crippen molar-refractivity contribution >= 4 is 17.6 Å². The van der Waals surface area contributed by atoms with E-state index in [0.29, 0.717) is 31.0 Å². The van der Waals surface area contributed by atoms with Crippen molar-refractivity contribution < 1.29 is 5.03 Å². The fraction of sp³-hybridized carbons (Fsp3) is 0.455. The summed E-state index contributed by atoms with van der Waals surface area (Å²) in [5, 5.41) is 13.9. The molecule has 2 heterocycles. The van der Waals surface area contributed by atoms with E-state index in [4.69, 9.17) is 11.6 Å². The molecule has 0 spiro atoms. The highest BCUT2D eigenvalue weighted by molar-refractivity contribution is 6.29. The molecule has 8 nitrogen and oxygen atoms in total. The van der Waals surface area contributed by atoms with Crippen LogP contribution in [-0.4, -0.2) is 58.1 Å². The lowest BCUT2D eigenvalue weighted by molar-refractivity contribution is -0.486. The number of hydrazone groups is 1. The smallest absolute Gasteiger partial charge is 0.276 e. The fourth-order valence-corrected chi connectivity index (χ4v) is 2.23. The molecule has 1 aliphatic rings. The van der Waals surface area contributed by atoms with Gasteiger partial charge in [-0.05, 0) is 18.7 Å². The number of guanidine groups is 1. The van der Waals surface area contributed by atoms with Crippen LogP contribution in [0.1, 0.15) is 5.56 Å². The molecule has 1 aromatic heterocycles. The van der Waals surface area contributed by atoms with Crippen LogP contribution < -0.4 is 0 Å². The normalized spacial score (nSPS) is 18.6. The highest BCUT2D eigenvalue weighted by atomic mass is 35.5. The minimum absolute atomic E-state index is 0.336. The molecule has 0 saturated carbocycles. The van der Waals surface area contributed by atoms with E-state index in [1.807, 2.05) is 22.9 Å². The Morgan fingerprint density at radius 2 is 2.20 bits per heavy atom. The van der Waals surface area contributed by atoms with Crippen LogP contribution >= 0.6 is 11.6 Å². The van der Waals surface area contributed by atoms with Crippen molar-refractivity contribution in [3.05, 3.63) is 39.2 Å². The molecule has 0 aromatic carbocycles. The highest BCUT2D eigenvalue weighted by Gasteiger charge is 2.27.